The van der Waals surface area contributed by atoms with Gasteiger partial charge in [-0.3, -0.25) is 4.79 Å². The monoisotopic (exact) mass is 280 g/mol. The third-order valence-electron chi connectivity index (χ3n) is 4.73. The lowest BCUT2D eigenvalue weighted by atomic mass is 9.84. The molecule has 116 valence electrons. The summed E-state index contributed by atoms with van der Waals surface area (Å²) in [5.74, 6) is 2.54. The van der Waals surface area contributed by atoms with Crippen molar-refractivity contribution in [1.82, 2.24) is 10.2 Å². The molecule has 2 fully saturated rings. The SMILES string of the molecule is CC(C)C1CC(NC(=O)C(C)(C)C)CN(CC2CC2)C1. The van der Waals surface area contributed by atoms with E-state index < -0.39 is 0 Å². The first-order valence-electron chi connectivity index (χ1n) is 8.29. The lowest BCUT2D eigenvalue weighted by Gasteiger charge is -2.40. The van der Waals surface area contributed by atoms with Crippen molar-refractivity contribution in [3.8, 4) is 0 Å². The summed E-state index contributed by atoms with van der Waals surface area (Å²) in [6.45, 7) is 14.1. The summed E-state index contributed by atoms with van der Waals surface area (Å²) < 4.78 is 0. The van der Waals surface area contributed by atoms with Crippen LogP contribution in [0.4, 0.5) is 0 Å². The molecule has 0 aromatic heterocycles. The van der Waals surface area contributed by atoms with Gasteiger partial charge in [-0.25, -0.2) is 0 Å². The number of piperidine rings is 1. The molecule has 2 unspecified atom stereocenters. The van der Waals surface area contributed by atoms with E-state index in [1.807, 2.05) is 20.8 Å². The normalized spacial score (nSPS) is 28.7. The molecule has 2 atom stereocenters. The standard InChI is InChI=1S/C17H32N2O/c1-12(2)14-8-15(18-16(20)17(3,4)5)11-19(10-14)9-13-6-7-13/h12-15H,6-11H2,1-5H3,(H,18,20). The summed E-state index contributed by atoms with van der Waals surface area (Å²) in [6.07, 6.45) is 3.95. The number of carbonyl (C=O) groups excluding carboxylic acids is 1. The van der Waals surface area contributed by atoms with E-state index in [2.05, 4.69) is 24.1 Å². The third-order valence-corrected chi connectivity index (χ3v) is 4.73. The minimum Gasteiger partial charge on any atom is -0.352 e. The Morgan fingerprint density at radius 3 is 2.40 bits per heavy atom. The van der Waals surface area contributed by atoms with E-state index in [1.54, 1.807) is 0 Å². The fourth-order valence-electron chi connectivity index (χ4n) is 3.04. The fourth-order valence-corrected chi connectivity index (χ4v) is 3.04. The van der Waals surface area contributed by atoms with Gasteiger partial charge >= 0.3 is 0 Å². The van der Waals surface area contributed by atoms with Crippen molar-refractivity contribution in [3.63, 3.8) is 0 Å². The van der Waals surface area contributed by atoms with Gasteiger partial charge in [0.25, 0.3) is 0 Å². The molecule has 1 saturated heterocycles. The number of carbonyl (C=O) groups is 1. The second-order valence-corrected chi connectivity index (χ2v) is 8.32. The summed E-state index contributed by atoms with van der Waals surface area (Å²) in [4.78, 5) is 14.8. The Morgan fingerprint density at radius 2 is 1.90 bits per heavy atom. The Labute approximate surface area is 124 Å². The second kappa shape index (κ2) is 6.05. The Bertz CT molecular complexity index is 341. The molecule has 1 saturated carbocycles. The van der Waals surface area contributed by atoms with Crippen LogP contribution in [0.2, 0.25) is 0 Å². The third kappa shape index (κ3) is 4.47. The summed E-state index contributed by atoms with van der Waals surface area (Å²) in [5, 5.41) is 3.29. The van der Waals surface area contributed by atoms with E-state index in [9.17, 15) is 4.79 Å². The van der Waals surface area contributed by atoms with Crippen LogP contribution in [0.25, 0.3) is 0 Å². The van der Waals surface area contributed by atoms with Crippen molar-refractivity contribution in [2.45, 2.75) is 59.9 Å². The zero-order valence-electron chi connectivity index (χ0n) is 13.9. The molecule has 0 bridgehead atoms. The van der Waals surface area contributed by atoms with Crippen LogP contribution in [-0.4, -0.2) is 36.5 Å². The van der Waals surface area contributed by atoms with Crippen LogP contribution in [-0.2, 0) is 4.79 Å². The molecule has 0 radical (unpaired) electrons. The molecule has 2 rings (SSSR count). The minimum absolute atomic E-state index is 0.193. The van der Waals surface area contributed by atoms with Gasteiger partial charge in [-0.05, 0) is 37.0 Å². The number of likely N-dealkylation sites (tertiary alicyclic amines) is 1. The fraction of sp³-hybridized carbons (Fsp3) is 0.941. The zero-order valence-corrected chi connectivity index (χ0v) is 13.9. The molecule has 1 N–H and O–H groups in total. The van der Waals surface area contributed by atoms with Crippen molar-refractivity contribution in [2.75, 3.05) is 19.6 Å². The number of amides is 1. The first-order chi connectivity index (χ1) is 9.25. The number of rotatable bonds is 4. The van der Waals surface area contributed by atoms with Crippen LogP contribution < -0.4 is 5.32 Å². The predicted octanol–water partition coefficient (Wildman–Crippen LogP) is 2.91. The van der Waals surface area contributed by atoms with Gasteiger partial charge in [-0.1, -0.05) is 34.6 Å². The average molecular weight is 280 g/mol. The van der Waals surface area contributed by atoms with E-state index >= 15 is 0 Å². The minimum atomic E-state index is -0.286. The lowest BCUT2D eigenvalue weighted by Crippen LogP contribution is -2.53. The topological polar surface area (TPSA) is 32.3 Å². The highest BCUT2D eigenvalue weighted by Crippen LogP contribution is 2.32. The molecule has 1 aliphatic carbocycles. The summed E-state index contributed by atoms with van der Waals surface area (Å²) in [7, 11) is 0. The molecule has 2 aliphatic rings. The van der Waals surface area contributed by atoms with Crippen LogP contribution in [0.15, 0.2) is 0 Å². The van der Waals surface area contributed by atoms with Gasteiger partial charge in [0.2, 0.25) is 5.91 Å². The Morgan fingerprint density at radius 1 is 1.25 bits per heavy atom. The quantitative estimate of drug-likeness (QED) is 0.859. The smallest absolute Gasteiger partial charge is 0.225 e. The van der Waals surface area contributed by atoms with Gasteiger partial charge in [0, 0.05) is 31.1 Å². The highest BCUT2D eigenvalue weighted by atomic mass is 16.2. The van der Waals surface area contributed by atoms with Crippen LogP contribution >= 0.6 is 0 Å². The van der Waals surface area contributed by atoms with Crippen molar-refractivity contribution in [1.29, 1.82) is 0 Å². The van der Waals surface area contributed by atoms with Gasteiger partial charge in [0.1, 0.15) is 0 Å². The molecule has 1 heterocycles. The molecular formula is C17H32N2O. The molecule has 0 aromatic rings. The van der Waals surface area contributed by atoms with E-state index in [1.165, 1.54) is 25.9 Å². The molecule has 1 aliphatic heterocycles. The Kier molecular flexibility index (Phi) is 4.78. The van der Waals surface area contributed by atoms with E-state index in [0.29, 0.717) is 17.9 Å². The first kappa shape index (κ1) is 15.8. The van der Waals surface area contributed by atoms with E-state index in [4.69, 9.17) is 0 Å². The first-order valence-corrected chi connectivity index (χ1v) is 8.29. The van der Waals surface area contributed by atoms with E-state index in [0.717, 1.165) is 18.9 Å². The molecule has 0 spiro atoms. The number of nitrogens with one attached hydrogen (secondary N) is 1. The van der Waals surface area contributed by atoms with Crippen LogP contribution in [0.5, 0.6) is 0 Å². The number of hydrogen-bond acceptors (Lipinski definition) is 2. The maximum Gasteiger partial charge on any atom is 0.225 e. The molecule has 3 nitrogen and oxygen atoms in total. The largest absolute Gasteiger partial charge is 0.352 e. The molecule has 3 heteroatoms. The maximum absolute atomic E-state index is 12.2. The highest BCUT2D eigenvalue weighted by Gasteiger charge is 2.34. The van der Waals surface area contributed by atoms with Gasteiger partial charge < -0.3 is 10.2 Å². The second-order valence-electron chi connectivity index (χ2n) is 8.32. The lowest BCUT2D eigenvalue weighted by molar-refractivity contribution is -0.129. The summed E-state index contributed by atoms with van der Waals surface area (Å²) >= 11 is 0. The molecule has 0 aromatic carbocycles. The van der Waals surface area contributed by atoms with Crippen molar-refractivity contribution in [2.24, 2.45) is 23.2 Å². The number of hydrogen-bond donors (Lipinski definition) is 1. The summed E-state index contributed by atoms with van der Waals surface area (Å²) in [5.41, 5.74) is -0.286. The van der Waals surface area contributed by atoms with Crippen LogP contribution in [0.1, 0.15) is 53.9 Å². The van der Waals surface area contributed by atoms with Crippen molar-refractivity contribution >= 4 is 5.91 Å². The Balaban J connectivity index is 1.94. The predicted molar refractivity (Wildman–Crippen MR) is 83.5 cm³/mol. The van der Waals surface area contributed by atoms with Gasteiger partial charge in [0.15, 0.2) is 0 Å². The van der Waals surface area contributed by atoms with Crippen LogP contribution in [0.3, 0.4) is 0 Å². The van der Waals surface area contributed by atoms with E-state index in [-0.39, 0.29) is 11.3 Å². The highest BCUT2D eigenvalue weighted by molar-refractivity contribution is 5.81. The van der Waals surface area contributed by atoms with Gasteiger partial charge in [0.05, 0.1) is 0 Å². The molecule has 20 heavy (non-hydrogen) atoms. The zero-order chi connectivity index (χ0) is 14.9. The summed E-state index contributed by atoms with van der Waals surface area (Å²) in [6, 6.07) is 0.335. The van der Waals surface area contributed by atoms with Crippen LogP contribution in [0, 0.1) is 23.2 Å². The average Bonchev–Trinajstić information content (AvgIpc) is 3.11. The molecular weight excluding hydrogens is 248 g/mol. The van der Waals surface area contributed by atoms with Crippen molar-refractivity contribution < 1.29 is 4.79 Å². The molecule has 1 amide bonds. The Hall–Kier alpha value is -0.570. The van der Waals surface area contributed by atoms with Gasteiger partial charge in [-0.15, -0.1) is 0 Å². The maximum atomic E-state index is 12.2. The van der Waals surface area contributed by atoms with Gasteiger partial charge in [-0.2, -0.15) is 0 Å². The van der Waals surface area contributed by atoms with Crippen molar-refractivity contribution in [3.05, 3.63) is 0 Å². The number of nitrogens with zero attached hydrogens (tertiary/aromatic N) is 1.